The maximum absolute atomic E-state index is 6.23. The highest BCUT2D eigenvalue weighted by molar-refractivity contribution is 6.32. The first-order valence-electron chi connectivity index (χ1n) is 9.51. The fourth-order valence-electron chi connectivity index (χ4n) is 3.47. The normalized spacial score (nSPS) is 11.5. The summed E-state index contributed by atoms with van der Waals surface area (Å²) in [6.07, 6.45) is 3.42. The molecule has 2 aromatic carbocycles. The van der Waals surface area contributed by atoms with Gasteiger partial charge in [0.25, 0.3) is 0 Å². The summed E-state index contributed by atoms with van der Waals surface area (Å²) in [4.78, 5) is 9.09. The summed E-state index contributed by atoms with van der Waals surface area (Å²) in [5.41, 5.74) is 5.53. The number of halogens is 1. The predicted octanol–water partition coefficient (Wildman–Crippen LogP) is 4.53. The second-order valence-corrected chi connectivity index (χ2v) is 7.69. The minimum absolute atomic E-state index is 0.472. The molecule has 3 aromatic heterocycles. The van der Waals surface area contributed by atoms with E-state index in [1.807, 2.05) is 57.3 Å². The van der Waals surface area contributed by atoms with Crippen LogP contribution in [-0.4, -0.2) is 29.4 Å². The van der Waals surface area contributed by atoms with Gasteiger partial charge in [0.05, 0.1) is 11.6 Å². The van der Waals surface area contributed by atoms with E-state index in [-0.39, 0.29) is 0 Å². The van der Waals surface area contributed by atoms with Crippen molar-refractivity contribution in [2.24, 2.45) is 7.05 Å². The maximum Gasteiger partial charge on any atom is 0.182 e. The molecule has 150 valence electrons. The van der Waals surface area contributed by atoms with E-state index in [0.717, 1.165) is 49.7 Å². The van der Waals surface area contributed by atoms with Crippen LogP contribution in [0.5, 0.6) is 5.75 Å². The van der Waals surface area contributed by atoms with Crippen LogP contribution in [0.4, 0.5) is 0 Å². The Kier molecular flexibility index (Phi) is 4.40. The molecule has 0 spiro atoms. The van der Waals surface area contributed by atoms with E-state index in [9.17, 15) is 0 Å². The smallest absolute Gasteiger partial charge is 0.182 e. The summed E-state index contributed by atoms with van der Waals surface area (Å²) in [5, 5.41) is 10.5. The zero-order valence-corrected chi connectivity index (χ0v) is 17.6. The lowest BCUT2D eigenvalue weighted by atomic mass is 10.1. The molecule has 0 aliphatic carbocycles. The molecular weight excluding hydrogens is 400 g/mol. The van der Waals surface area contributed by atoms with Crippen molar-refractivity contribution in [3.63, 3.8) is 0 Å². The summed E-state index contributed by atoms with van der Waals surface area (Å²) in [6, 6.07) is 12.0. The van der Waals surface area contributed by atoms with Gasteiger partial charge in [0.2, 0.25) is 0 Å². The number of benzene rings is 2. The third-order valence-corrected chi connectivity index (χ3v) is 5.69. The summed E-state index contributed by atoms with van der Waals surface area (Å²) in [5.74, 6) is 1.46. The van der Waals surface area contributed by atoms with E-state index in [2.05, 4.69) is 15.2 Å². The van der Waals surface area contributed by atoms with Gasteiger partial charge in [-0.3, -0.25) is 4.68 Å². The Labute approximate surface area is 177 Å². The molecule has 0 bridgehead atoms. The second-order valence-electron chi connectivity index (χ2n) is 7.31. The van der Waals surface area contributed by atoms with Crippen LogP contribution in [0.15, 0.2) is 48.9 Å². The number of hydrogen-bond donors (Lipinski definition) is 0. The molecule has 0 unspecified atom stereocenters. The van der Waals surface area contributed by atoms with Crippen LogP contribution in [0.1, 0.15) is 16.7 Å². The number of nitrogens with zero attached hydrogens (tertiary/aromatic N) is 6. The number of rotatable bonds is 4. The Morgan fingerprint density at radius 1 is 1.03 bits per heavy atom. The molecule has 0 N–H and O–H groups in total. The van der Waals surface area contributed by atoms with Gasteiger partial charge in [0, 0.05) is 17.6 Å². The molecule has 0 aliphatic heterocycles. The number of hydrogen-bond acceptors (Lipinski definition) is 5. The molecule has 5 rings (SSSR count). The van der Waals surface area contributed by atoms with Crippen molar-refractivity contribution in [1.82, 2.24) is 29.4 Å². The van der Waals surface area contributed by atoms with Crippen molar-refractivity contribution in [1.29, 1.82) is 0 Å². The summed E-state index contributed by atoms with van der Waals surface area (Å²) < 4.78 is 9.35. The van der Waals surface area contributed by atoms with Crippen molar-refractivity contribution in [3.05, 3.63) is 70.6 Å². The first kappa shape index (κ1) is 18.6. The molecule has 3 heterocycles. The monoisotopic (exact) mass is 418 g/mol. The Bertz CT molecular complexity index is 1360. The number of aromatic nitrogens is 6. The standard InChI is InChI=1S/C22H19ClN6O/c1-13-8-17(9-14(2)19(13)23)30-11-15-4-6-16(7-5-15)20-26-22-18-10-25-28(3)21(18)24-12-29(22)27-20/h4-10,12H,11H2,1-3H3. The molecule has 0 saturated carbocycles. The van der Waals surface area contributed by atoms with Crippen molar-refractivity contribution < 1.29 is 4.74 Å². The average molecular weight is 419 g/mol. The summed E-state index contributed by atoms with van der Waals surface area (Å²) >= 11 is 6.23. The third kappa shape index (κ3) is 3.17. The minimum Gasteiger partial charge on any atom is -0.489 e. The lowest BCUT2D eigenvalue weighted by Gasteiger charge is -2.10. The Hall–Kier alpha value is -3.45. The molecule has 0 atom stereocenters. The molecule has 0 fully saturated rings. The van der Waals surface area contributed by atoms with E-state index < -0.39 is 0 Å². The average Bonchev–Trinajstić information content (AvgIpc) is 3.34. The molecule has 0 aliphatic rings. The van der Waals surface area contributed by atoms with Crippen molar-refractivity contribution in [2.75, 3.05) is 0 Å². The molecule has 30 heavy (non-hydrogen) atoms. The quantitative estimate of drug-likeness (QED) is 0.429. The zero-order chi connectivity index (χ0) is 20.8. The van der Waals surface area contributed by atoms with Crippen LogP contribution in [0.3, 0.4) is 0 Å². The zero-order valence-electron chi connectivity index (χ0n) is 16.8. The van der Waals surface area contributed by atoms with Gasteiger partial charge in [-0.05, 0) is 42.7 Å². The minimum atomic E-state index is 0.472. The third-order valence-electron chi connectivity index (χ3n) is 5.10. The highest BCUT2D eigenvalue weighted by Crippen LogP contribution is 2.27. The number of aryl methyl sites for hydroxylation is 3. The first-order valence-corrected chi connectivity index (χ1v) is 9.89. The van der Waals surface area contributed by atoms with Crippen LogP contribution in [-0.2, 0) is 13.7 Å². The molecule has 5 aromatic rings. The summed E-state index contributed by atoms with van der Waals surface area (Å²) in [7, 11) is 1.86. The second kappa shape index (κ2) is 7.11. The van der Waals surface area contributed by atoms with Crippen molar-refractivity contribution >= 4 is 28.3 Å². The van der Waals surface area contributed by atoms with Gasteiger partial charge in [-0.25, -0.2) is 14.5 Å². The Morgan fingerprint density at radius 2 is 1.77 bits per heavy atom. The van der Waals surface area contributed by atoms with E-state index in [1.165, 1.54) is 0 Å². The predicted molar refractivity (Wildman–Crippen MR) is 116 cm³/mol. The van der Waals surface area contributed by atoms with Crippen LogP contribution < -0.4 is 4.74 Å². The van der Waals surface area contributed by atoms with Crippen LogP contribution in [0.25, 0.3) is 28.1 Å². The topological polar surface area (TPSA) is 70.1 Å². The first-order chi connectivity index (χ1) is 14.5. The molecule has 0 saturated heterocycles. The van der Waals surface area contributed by atoms with Crippen LogP contribution in [0.2, 0.25) is 5.02 Å². The van der Waals surface area contributed by atoms with Gasteiger partial charge in [0.15, 0.2) is 17.1 Å². The molecule has 7 nitrogen and oxygen atoms in total. The van der Waals surface area contributed by atoms with E-state index in [1.54, 1.807) is 21.7 Å². The van der Waals surface area contributed by atoms with Crippen molar-refractivity contribution in [2.45, 2.75) is 20.5 Å². The van der Waals surface area contributed by atoms with E-state index >= 15 is 0 Å². The van der Waals surface area contributed by atoms with Crippen LogP contribution in [0, 0.1) is 13.8 Å². The Morgan fingerprint density at radius 3 is 2.50 bits per heavy atom. The van der Waals surface area contributed by atoms with Gasteiger partial charge in [-0.15, -0.1) is 5.10 Å². The highest BCUT2D eigenvalue weighted by Gasteiger charge is 2.12. The van der Waals surface area contributed by atoms with Gasteiger partial charge < -0.3 is 4.74 Å². The maximum atomic E-state index is 6.23. The van der Waals surface area contributed by atoms with Gasteiger partial charge in [-0.2, -0.15) is 5.10 Å². The highest BCUT2D eigenvalue weighted by atomic mass is 35.5. The molecule has 8 heteroatoms. The Balaban J connectivity index is 1.38. The van der Waals surface area contributed by atoms with Gasteiger partial charge >= 0.3 is 0 Å². The van der Waals surface area contributed by atoms with Gasteiger partial charge in [0.1, 0.15) is 18.7 Å². The summed E-state index contributed by atoms with van der Waals surface area (Å²) in [6.45, 7) is 4.43. The SMILES string of the molecule is Cc1cc(OCc2ccc(-c3nc4c5cnn(C)c5ncn4n3)cc2)cc(C)c1Cl. The number of fused-ring (bicyclic) bond motifs is 3. The fraction of sp³-hybridized carbons (Fsp3) is 0.182. The lowest BCUT2D eigenvalue weighted by molar-refractivity contribution is 0.306. The van der Waals surface area contributed by atoms with E-state index in [4.69, 9.17) is 21.3 Å². The molecular formula is C22H19ClN6O. The van der Waals surface area contributed by atoms with E-state index in [0.29, 0.717) is 12.4 Å². The fourth-order valence-corrected chi connectivity index (χ4v) is 3.58. The van der Waals surface area contributed by atoms with Gasteiger partial charge in [-0.1, -0.05) is 35.9 Å². The number of ether oxygens (including phenoxy) is 1. The van der Waals surface area contributed by atoms with Crippen LogP contribution >= 0.6 is 11.6 Å². The molecule has 0 radical (unpaired) electrons. The van der Waals surface area contributed by atoms with Crippen molar-refractivity contribution in [3.8, 4) is 17.1 Å². The molecule has 0 amide bonds. The lowest BCUT2D eigenvalue weighted by Crippen LogP contribution is -1.97. The largest absolute Gasteiger partial charge is 0.489 e.